The Labute approximate surface area is 70.3 Å². The van der Waals surface area contributed by atoms with Gasteiger partial charge in [0.05, 0.1) is 5.69 Å². The summed E-state index contributed by atoms with van der Waals surface area (Å²) in [4.78, 5) is 10.2. The number of aryl methyl sites for hydroxylation is 1. The van der Waals surface area contributed by atoms with Gasteiger partial charge in [0, 0.05) is 12.6 Å². The summed E-state index contributed by atoms with van der Waals surface area (Å²) < 4.78 is 0. The van der Waals surface area contributed by atoms with Crippen molar-refractivity contribution >= 4 is 5.97 Å². The molecule has 0 aliphatic rings. The Hall–Kier alpha value is -1.45. The molecule has 1 rings (SSSR count). The van der Waals surface area contributed by atoms with Crippen molar-refractivity contribution in [2.24, 2.45) is 0 Å². The molecular formula is C8H10N2O2. The molecule has 0 atom stereocenters. The highest BCUT2D eigenvalue weighted by Gasteiger charge is 1.98. The number of aromatic nitrogens is 2. The van der Waals surface area contributed by atoms with Crippen molar-refractivity contribution in [1.29, 1.82) is 0 Å². The highest BCUT2D eigenvalue weighted by atomic mass is 16.4. The van der Waals surface area contributed by atoms with Crippen LogP contribution in [0.25, 0.3) is 0 Å². The van der Waals surface area contributed by atoms with Crippen LogP contribution in [0.2, 0.25) is 0 Å². The number of rotatable bonds is 4. The minimum atomic E-state index is -0.765. The Morgan fingerprint density at radius 1 is 1.58 bits per heavy atom. The molecule has 0 bridgehead atoms. The molecule has 64 valence electrons. The summed E-state index contributed by atoms with van der Waals surface area (Å²) in [6.07, 6.45) is 3.09. The first-order valence-corrected chi connectivity index (χ1v) is 3.77. The Morgan fingerprint density at radius 2 is 2.42 bits per heavy atom. The fourth-order valence-corrected chi connectivity index (χ4v) is 0.887. The van der Waals surface area contributed by atoms with Gasteiger partial charge < -0.3 is 5.11 Å². The maximum absolute atomic E-state index is 10.2. The largest absolute Gasteiger partial charge is 0.481 e. The van der Waals surface area contributed by atoms with Crippen molar-refractivity contribution in [1.82, 2.24) is 10.2 Å². The second-order valence-electron chi connectivity index (χ2n) is 2.46. The van der Waals surface area contributed by atoms with Gasteiger partial charge in [-0.15, -0.1) is 0 Å². The van der Waals surface area contributed by atoms with Crippen LogP contribution in [-0.4, -0.2) is 21.3 Å². The molecule has 1 N–H and O–H groups in total. The lowest BCUT2D eigenvalue weighted by Gasteiger charge is -1.95. The van der Waals surface area contributed by atoms with Crippen LogP contribution in [0.5, 0.6) is 0 Å². The summed E-state index contributed by atoms with van der Waals surface area (Å²) >= 11 is 0. The molecule has 1 aromatic rings. The predicted molar refractivity (Wildman–Crippen MR) is 42.6 cm³/mol. The predicted octanol–water partition coefficient (Wildman–Crippen LogP) is 0.884. The van der Waals surface area contributed by atoms with Gasteiger partial charge in [-0.05, 0) is 25.0 Å². The minimum Gasteiger partial charge on any atom is -0.481 e. The molecule has 0 aliphatic heterocycles. The van der Waals surface area contributed by atoms with E-state index in [0.29, 0.717) is 12.8 Å². The third-order valence-corrected chi connectivity index (χ3v) is 1.45. The number of nitrogens with zero attached hydrogens (tertiary/aromatic N) is 2. The summed E-state index contributed by atoms with van der Waals surface area (Å²) in [5, 5.41) is 15.9. The van der Waals surface area contributed by atoms with E-state index in [0.717, 1.165) is 5.69 Å². The van der Waals surface area contributed by atoms with Crippen LogP contribution in [0.3, 0.4) is 0 Å². The number of aliphatic carboxylic acids is 1. The SMILES string of the molecule is O=C(O)CCCc1cccnn1. The fraction of sp³-hybridized carbons (Fsp3) is 0.375. The molecule has 1 aromatic heterocycles. The lowest BCUT2D eigenvalue weighted by Crippen LogP contribution is -1.97. The minimum absolute atomic E-state index is 0.191. The molecule has 0 saturated heterocycles. The van der Waals surface area contributed by atoms with Crippen molar-refractivity contribution < 1.29 is 9.90 Å². The van der Waals surface area contributed by atoms with Gasteiger partial charge in [-0.1, -0.05) is 0 Å². The standard InChI is InChI=1S/C8H10N2O2/c11-8(12)5-1-3-7-4-2-6-9-10-7/h2,4,6H,1,3,5H2,(H,11,12). The van der Waals surface area contributed by atoms with Crippen LogP contribution in [0.15, 0.2) is 18.3 Å². The van der Waals surface area contributed by atoms with Crippen molar-refractivity contribution in [3.8, 4) is 0 Å². The molecule has 4 heteroatoms. The van der Waals surface area contributed by atoms with E-state index in [1.54, 1.807) is 12.3 Å². The highest BCUT2D eigenvalue weighted by Crippen LogP contribution is 1.99. The number of carboxylic acid groups (broad SMARTS) is 1. The summed E-state index contributed by atoms with van der Waals surface area (Å²) in [6, 6.07) is 3.64. The van der Waals surface area contributed by atoms with E-state index in [1.165, 1.54) is 0 Å². The van der Waals surface area contributed by atoms with Gasteiger partial charge in [-0.2, -0.15) is 10.2 Å². The lowest BCUT2D eigenvalue weighted by atomic mass is 10.2. The molecule has 0 aromatic carbocycles. The Bertz CT molecular complexity index is 248. The van der Waals surface area contributed by atoms with Crippen LogP contribution in [0, 0.1) is 0 Å². The highest BCUT2D eigenvalue weighted by molar-refractivity contribution is 5.66. The third kappa shape index (κ3) is 3.09. The molecule has 0 fully saturated rings. The van der Waals surface area contributed by atoms with E-state index in [-0.39, 0.29) is 6.42 Å². The lowest BCUT2D eigenvalue weighted by molar-refractivity contribution is -0.137. The van der Waals surface area contributed by atoms with Gasteiger partial charge in [-0.25, -0.2) is 0 Å². The smallest absolute Gasteiger partial charge is 0.303 e. The van der Waals surface area contributed by atoms with E-state index in [9.17, 15) is 4.79 Å². The zero-order valence-corrected chi connectivity index (χ0v) is 6.60. The molecule has 1 heterocycles. The van der Waals surface area contributed by atoms with Gasteiger partial charge in [-0.3, -0.25) is 4.79 Å². The molecule has 0 amide bonds. The van der Waals surface area contributed by atoms with Crippen LogP contribution in [-0.2, 0) is 11.2 Å². The Morgan fingerprint density at radius 3 is 3.00 bits per heavy atom. The maximum atomic E-state index is 10.2. The van der Waals surface area contributed by atoms with Crippen molar-refractivity contribution in [2.45, 2.75) is 19.3 Å². The van der Waals surface area contributed by atoms with Gasteiger partial charge >= 0.3 is 5.97 Å². The van der Waals surface area contributed by atoms with E-state index >= 15 is 0 Å². The fourth-order valence-electron chi connectivity index (χ4n) is 0.887. The second-order valence-corrected chi connectivity index (χ2v) is 2.46. The first-order chi connectivity index (χ1) is 5.79. The average Bonchev–Trinajstić information content (AvgIpc) is 2.05. The van der Waals surface area contributed by atoms with Gasteiger partial charge in [0.1, 0.15) is 0 Å². The van der Waals surface area contributed by atoms with E-state index in [1.807, 2.05) is 6.07 Å². The number of carboxylic acids is 1. The van der Waals surface area contributed by atoms with Crippen molar-refractivity contribution in [3.05, 3.63) is 24.0 Å². The molecule has 0 unspecified atom stereocenters. The van der Waals surface area contributed by atoms with E-state index in [2.05, 4.69) is 10.2 Å². The average molecular weight is 166 g/mol. The zero-order chi connectivity index (χ0) is 8.81. The molecular weight excluding hydrogens is 156 g/mol. The van der Waals surface area contributed by atoms with E-state index in [4.69, 9.17) is 5.11 Å². The molecule has 4 nitrogen and oxygen atoms in total. The van der Waals surface area contributed by atoms with Gasteiger partial charge in [0.25, 0.3) is 0 Å². The number of hydrogen-bond donors (Lipinski definition) is 1. The number of hydrogen-bond acceptors (Lipinski definition) is 3. The van der Waals surface area contributed by atoms with Crippen molar-refractivity contribution in [2.75, 3.05) is 0 Å². The summed E-state index contributed by atoms with van der Waals surface area (Å²) in [5.74, 6) is -0.765. The molecule has 12 heavy (non-hydrogen) atoms. The third-order valence-electron chi connectivity index (χ3n) is 1.45. The Balaban J connectivity index is 2.29. The molecule has 0 radical (unpaired) electrons. The van der Waals surface area contributed by atoms with Crippen LogP contribution >= 0.6 is 0 Å². The van der Waals surface area contributed by atoms with Crippen molar-refractivity contribution in [3.63, 3.8) is 0 Å². The molecule has 0 aliphatic carbocycles. The topological polar surface area (TPSA) is 63.1 Å². The zero-order valence-electron chi connectivity index (χ0n) is 6.60. The summed E-state index contributed by atoms with van der Waals surface area (Å²) in [5.41, 5.74) is 0.846. The van der Waals surface area contributed by atoms with Crippen LogP contribution < -0.4 is 0 Å². The maximum Gasteiger partial charge on any atom is 0.303 e. The monoisotopic (exact) mass is 166 g/mol. The molecule has 0 spiro atoms. The van der Waals surface area contributed by atoms with Gasteiger partial charge in [0.15, 0.2) is 0 Å². The van der Waals surface area contributed by atoms with Crippen LogP contribution in [0.1, 0.15) is 18.5 Å². The normalized spacial score (nSPS) is 9.67. The summed E-state index contributed by atoms with van der Waals surface area (Å²) in [7, 11) is 0. The quantitative estimate of drug-likeness (QED) is 0.721. The van der Waals surface area contributed by atoms with E-state index < -0.39 is 5.97 Å². The first kappa shape index (κ1) is 8.64. The second kappa shape index (κ2) is 4.43. The first-order valence-electron chi connectivity index (χ1n) is 3.77. The van der Waals surface area contributed by atoms with Gasteiger partial charge in [0.2, 0.25) is 0 Å². The molecule has 0 saturated carbocycles. The Kier molecular flexibility index (Phi) is 3.19. The summed E-state index contributed by atoms with van der Waals surface area (Å²) in [6.45, 7) is 0. The number of carbonyl (C=O) groups is 1. The van der Waals surface area contributed by atoms with Crippen LogP contribution in [0.4, 0.5) is 0 Å².